The molecule has 0 unspecified atom stereocenters. The summed E-state index contributed by atoms with van der Waals surface area (Å²) in [5.41, 5.74) is 1.45. The molecule has 0 aromatic heterocycles. The van der Waals surface area contributed by atoms with Gasteiger partial charge in [-0.05, 0) is 35.9 Å². The average Bonchev–Trinajstić information content (AvgIpc) is 2.99. The Morgan fingerprint density at radius 3 is 2.87 bits per heavy atom. The van der Waals surface area contributed by atoms with Crippen molar-refractivity contribution in [2.45, 2.75) is 0 Å². The molecule has 0 N–H and O–H groups in total. The number of fused-ring (bicyclic) bond motifs is 1. The number of benzene rings is 2. The van der Waals surface area contributed by atoms with E-state index in [4.69, 9.17) is 25.8 Å². The number of aliphatic carboxylic acids is 1. The molecule has 23 heavy (non-hydrogen) atoms. The Bertz CT molecular complexity index is 775. The normalized spacial score (nSPS) is 12.6. The Labute approximate surface area is 136 Å². The zero-order chi connectivity index (χ0) is 16.2. The first-order valence-electron chi connectivity index (χ1n) is 6.68. The van der Waals surface area contributed by atoms with E-state index in [1.165, 1.54) is 0 Å². The summed E-state index contributed by atoms with van der Waals surface area (Å²) < 4.78 is 15.5. The van der Waals surface area contributed by atoms with Gasteiger partial charge in [0.05, 0.1) is 16.7 Å². The average molecular weight is 333 g/mol. The summed E-state index contributed by atoms with van der Waals surface area (Å²) in [7, 11) is 0. The third-order valence-corrected chi connectivity index (χ3v) is 3.32. The van der Waals surface area contributed by atoms with Crippen LogP contribution in [0.4, 0.5) is 5.69 Å². The van der Waals surface area contributed by atoms with Crippen molar-refractivity contribution < 1.29 is 24.1 Å². The molecule has 7 heteroatoms. The highest BCUT2D eigenvalue weighted by Gasteiger charge is 2.12. The third-order valence-electron chi connectivity index (χ3n) is 3.02. The SMILES string of the molecule is O=C([O-])COc1ccc(C=Nc2ccc3c(c2)OCO3)cc1Cl. The zero-order valence-electron chi connectivity index (χ0n) is 11.8. The Balaban J connectivity index is 1.72. The number of carboxylic acids is 1. The van der Waals surface area contributed by atoms with Gasteiger partial charge >= 0.3 is 0 Å². The van der Waals surface area contributed by atoms with Crippen LogP contribution < -0.4 is 19.3 Å². The fourth-order valence-electron chi connectivity index (χ4n) is 1.97. The van der Waals surface area contributed by atoms with Crippen LogP contribution in [-0.2, 0) is 4.79 Å². The van der Waals surface area contributed by atoms with Crippen LogP contribution in [0.25, 0.3) is 0 Å². The lowest BCUT2D eigenvalue weighted by Gasteiger charge is -2.08. The van der Waals surface area contributed by atoms with Crippen molar-refractivity contribution in [3.8, 4) is 17.2 Å². The predicted octanol–water partition coefficient (Wildman–Crippen LogP) is 1.95. The maximum atomic E-state index is 10.4. The van der Waals surface area contributed by atoms with Gasteiger partial charge in [-0.15, -0.1) is 0 Å². The lowest BCUT2D eigenvalue weighted by Crippen LogP contribution is -2.28. The summed E-state index contributed by atoms with van der Waals surface area (Å²) in [6.45, 7) is -0.338. The number of carbonyl (C=O) groups excluding carboxylic acids is 1. The van der Waals surface area contributed by atoms with Crippen molar-refractivity contribution in [2.24, 2.45) is 4.99 Å². The van der Waals surface area contributed by atoms with Crippen LogP contribution in [-0.4, -0.2) is 25.6 Å². The van der Waals surface area contributed by atoms with Crippen LogP contribution in [0, 0.1) is 0 Å². The van der Waals surface area contributed by atoms with Crippen molar-refractivity contribution in [3.63, 3.8) is 0 Å². The van der Waals surface area contributed by atoms with Crippen LogP contribution >= 0.6 is 11.6 Å². The summed E-state index contributed by atoms with van der Waals surface area (Å²) in [5, 5.41) is 10.7. The van der Waals surface area contributed by atoms with Gasteiger partial charge in [0.25, 0.3) is 0 Å². The molecule has 2 aromatic carbocycles. The van der Waals surface area contributed by atoms with Crippen LogP contribution in [0.15, 0.2) is 41.4 Å². The predicted molar refractivity (Wildman–Crippen MR) is 81.8 cm³/mol. The van der Waals surface area contributed by atoms with Crippen molar-refractivity contribution in [2.75, 3.05) is 13.4 Å². The van der Waals surface area contributed by atoms with Gasteiger partial charge in [0, 0.05) is 12.3 Å². The van der Waals surface area contributed by atoms with Gasteiger partial charge in [0.1, 0.15) is 12.4 Å². The zero-order valence-corrected chi connectivity index (χ0v) is 12.6. The summed E-state index contributed by atoms with van der Waals surface area (Å²) >= 11 is 6.03. The van der Waals surface area contributed by atoms with Crippen LogP contribution in [0.2, 0.25) is 5.02 Å². The number of ether oxygens (including phenoxy) is 3. The van der Waals surface area contributed by atoms with E-state index in [0.717, 1.165) is 5.56 Å². The molecule has 2 aromatic rings. The summed E-state index contributed by atoms with van der Waals surface area (Å²) in [4.78, 5) is 14.7. The Morgan fingerprint density at radius 1 is 1.26 bits per heavy atom. The molecule has 1 heterocycles. The first-order valence-corrected chi connectivity index (χ1v) is 7.05. The second-order valence-corrected chi connectivity index (χ2v) is 5.05. The number of nitrogens with zero attached hydrogens (tertiary/aromatic N) is 1. The highest BCUT2D eigenvalue weighted by atomic mass is 35.5. The summed E-state index contributed by atoms with van der Waals surface area (Å²) in [6, 6.07) is 10.3. The largest absolute Gasteiger partial charge is 0.546 e. The number of carboxylic acid groups (broad SMARTS) is 1. The van der Waals surface area contributed by atoms with Crippen molar-refractivity contribution in [1.82, 2.24) is 0 Å². The Hall–Kier alpha value is -2.73. The fraction of sp³-hybridized carbons (Fsp3) is 0.125. The first-order chi connectivity index (χ1) is 11.1. The molecule has 0 atom stereocenters. The van der Waals surface area contributed by atoms with Gasteiger partial charge in [-0.3, -0.25) is 4.99 Å². The molecule has 0 saturated carbocycles. The molecule has 0 spiro atoms. The molecule has 1 aliphatic rings. The van der Waals surface area contributed by atoms with Crippen molar-refractivity contribution in [1.29, 1.82) is 0 Å². The molecule has 3 rings (SSSR count). The monoisotopic (exact) mass is 332 g/mol. The smallest absolute Gasteiger partial charge is 0.231 e. The van der Waals surface area contributed by atoms with E-state index in [9.17, 15) is 9.90 Å². The standard InChI is InChI=1S/C16H12ClNO5/c17-12-5-10(1-3-13(12)21-8-16(19)20)7-18-11-2-4-14-15(6-11)23-9-22-14/h1-7H,8-9H2,(H,19,20)/p-1. The first kappa shape index (κ1) is 15.2. The highest BCUT2D eigenvalue weighted by molar-refractivity contribution is 6.32. The molecule has 118 valence electrons. The number of aliphatic imine (C=N–C) groups is 1. The van der Waals surface area contributed by atoms with E-state index >= 15 is 0 Å². The summed E-state index contributed by atoms with van der Waals surface area (Å²) in [5.74, 6) is 0.315. The fourth-order valence-corrected chi connectivity index (χ4v) is 2.21. The highest BCUT2D eigenvalue weighted by Crippen LogP contribution is 2.35. The topological polar surface area (TPSA) is 80.2 Å². The van der Waals surface area contributed by atoms with Crippen molar-refractivity contribution >= 4 is 29.5 Å². The molecule has 0 aliphatic carbocycles. The van der Waals surface area contributed by atoms with E-state index in [1.807, 2.05) is 6.07 Å². The van der Waals surface area contributed by atoms with Gasteiger partial charge in [-0.2, -0.15) is 0 Å². The molecule has 0 radical (unpaired) electrons. The molecule has 6 nitrogen and oxygen atoms in total. The second kappa shape index (κ2) is 6.58. The minimum Gasteiger partial charge on any atom is -0.546 e. The number of hydrogen-bond donors (Lipinski definition) is 0. The minimum atomic E-state index is -1.31. The molecule has 1 aliphatic heterocycles. The Morgan fingerprint density at radius 2 is 2.09 bits per heavy atom. The van der Waals surface area contributed by atoms with E-state index in [2.05, 4.69) is 4.99 Å². The minimum absolute atomic E-state index is 0.214. The van der Waals surface area contributed by atoms with Gasteiger partial charge < -0.3 is 24.1 Å². The third kappa shape index (κ3) is 3.73. The van der Waals surface area contributed by atoms with Crippen molar-refractivity contribution in [3.05, 3.63) is 47.0 Å². The van der Waals surface area contributed by atoms with Gasteiger partial charge in [-0.1, -0.05) is 11.6 Å². The molecular weight excluding hydrogens is 322 g/mol. The molecular formula is C16H11ClNO5-. The number of rotatable bonds is 5. The van der Waals surface area contributed by atoms with E-state index in [0.29, 0.717) is 22.2 Å². The van der Waals surface area contributed by atoms with E-state index in [-0.39, 0.29) is 12.5 Å². The number of hydrogen-bond acceptors (Lipinski definition) is 6. The van der Waals surface area contributed by atoms with Crippen LogP contribution in [0.1, 0.15) is 5.56 Å². The Kier molecular flexibility index (Phi) is 4.34. The van der Waals surface area contributed by atoms with Crippen LogP contribution in [0.3, 0.4) is 0 Å². The lowest BCUT2D eigenvalue weighted by atomic mass is 10.2. The number of halogens is 1. The van der Waals surface area contributed by atoms with E-state index in [1.54, 1.807) is 36.5 Å². The molecule has 0 fully saturated rings. The maximum absolute atomic E-state index is 10.4. The molecule has 0 amide bonds. The maximum Gasteiger partial charge on any atom is 0.231 e. The van der Waals surface area contributed by atoms with E-state index < -0.39 is 12.6 Å². The lowest BCUT2D eigenvalue weighted by molar-refractivity contribution is -0.307. The summed E-state index contributed by atoms with van der Waals surface area (Å²) in [6.07, 6.45) is 1.63. The number of carbonyl (C=O) groups is 1. The van der Waals surface area contributed by atoms with Gasteiger partial charge in [-0.25, -0.2) is 0 Å². The van der Waals surface area contributed by atoms with Crippen LogP contribution in [0.5, 0.6) is 17.2 Å². The quantitative estimate of drug-likeness (QED) is 0.782. The molecule has 0 saturated heterocycles. The second-order valence-electron chi connectivity index (χ2n) is 4.65. The molecule has 0 bridgehead atoms. The van der Waals surface area contributed by atoms with Gasteiger partial charge in [0.15, 0.2) is 11.5 Å². The van der Waals surface area contributed by atoms with Gasteiger partial charge in [0.2, 0.25) is 6.79 Å².